The lowest BCUT2D eigenvalue weighted by Gasteiger charge is -2.05. The van der Waals surface area contributed by atoms with E-state index in [1.165, 1.54) is 0 Å². The predicted octanol–water partition coefficient (Wildman–Crippen LogP) is 5.06. The van der Waals surface area contributed by atoms with Gasteiger partial charge in [-0.2, -0.15) is 0 Å². The third-order valence-electron chi connectivity index (χ3n) is 2.51. The molecule has 2 nitrogen and oxygen atoms in total. The average molecular weight is 311 g/mol. The Labute approximate surface area is 130 Å². The Hall–Kier alpha value is -1.38. The molecule has 2 rings (SSSR count). The molecular formula is C16H16Cl2O2. The van der Waals surface area contributed by atoms with Gasteiger partial charge in [-0.1, -0.05) is 35.3 Å². The molecule has 2 radical (unpaired) electrons. The first-order valence-electron chi connectivity index (χ1n) is 5.79. The molecular weight excluding hydrogens is 295 g/mol. The highest BCUT2D eigenvalue weighted by Gasteiger charge is 1.98. The van der Waals surface area contributed by atoms with Gasteiger partial charge in [0.25, 0.3) is 0 Å². The third kappa shape index (κ3) is 4.95. The second kappa shape index (κ2) is 8.03. The molecule has 0 atom stereocenters. The molecule has 0 saturated carbocycles. The van der Waals surface area contributed by atoms with E-state index in [0.29, 0.717) is 10.0 Å². The van der Waals surface area contributed by atoms with Crippen LogP contribution in [-0.4, -0.2) is 14.2 Å². The Balaban J connectivity index is 0.000000204. The van der Waals surface area contributed by atoms with Crippen molar-refractivity contribution in [2.24, 2.45) is 0 Å². The molecule has 2 aromatic rings. The Bertz CT molecular complexity index is 568. The van der Waals surface area contributed by atoms with Gasteiger partial charge in [0.15, 0.2) is 0 Å². The Morgan fingerprint density at radius 3 is 2.00 bits per heavy atom. The van der Waals surface area contributed by atoms with E-state index in [2.05, 4.69) is 13.8 Å². The Morgan fingerprint density at radius 1 is 0.850 bits per heavy atom. The maximum Gasteiger partial charge on any atom is 0.125 e. The molecule has 0 spiro atoms. The molecule has 0 aliphatic rings. The standard InChI is InChI=1S/C9H11O2.C7H5Cl2/c1-7-4-5-8(10-2)6-9(7)11-3;1-5-2-3-6(8)4-7(5)9/h4-6H,1H2,2-3H3;2-4H,1H2. The van der Waals surface area contributed by atoms with Gasteiger partial charge in [0.05, 0.1) is 14.2 Å². The van der Waals surface area contributed by atoms with E-state index in [4.69, 9.17) is 32.7 Å². The molecule has 0 fully saturated rings. The molecule has 0 unspecified atom stereocenters. The fraction of sp³-hybridized carbons (Fsp3) is 0.125. The molecule has 2 aromatic carbocycles. The minimum atomic E-state index is 0.613. The molecule has 0 aromatic heterocycles. The highest BCUT2D eigenvalue weighted by molar-refractivity contribution is 6.35. The smallest absolute Gasteiger partial charge is 0.125 e. The monoisotopic (exact) mass is 310 g/mol. The predicted molar refractivity (Wildman–Crippen MR) is 84.9 cm³/mol. The summed E-state index contributed by atoms with van der Waals surface area (Å²) in [5.74, 6) is 1.54. The zero-order valence-electron chi connectivity index (χ0n) is 11.5. The van der Waals surface area contributed by atoms with Crippen LogP contribution in [0, 0.1) is 13.8 Å². The van der Waals surface area contributed by atoms with Crippen LogP contribution in [0.3, 0.4) is 0 Å². The van der Waals surface area contributed by atoms with Crippen LogP contribution >= 0.6 is 23.2 Å². The van der Waals surface area contributed by atoms with Gasteiger partial charge in [0, 0.05) is 16.1 Å². The second-order valence-corrected chi connectivity index (χ2v) is 4.76. The van der Waals surface area contributed by atoms with Crippen molar-refractivity contribution in [3.8, 4) is 11.5 Å². The zero-order chi connectivity index (χ0) is 15.1. The maximum absolute atomic E-state index is 5.67. The Morgan fingerprint density at radius 2 is 1.50 bits per heavy atom. The topological polar surface area (TPSA) is 18.5 Å². The quantitative estimate of drug-likeness (QED) is 0.771. The third-order valence-corrected chi connectivity index (χ3v) is 3.10. The van der Waals surface area contributed by atoms with Crippen molar-refractivity contribution in [1.82, 2.24) is 0 Å². The van der Waals surface area contributed by atoms with Crippen molar-refractivity contribution < 1.29 is 9.47 Å². The zero-order valence-corrected chi connectivity index (χ0v) is 13.0. The van der Waals surface area contributed by atoms with Gasteiger partial charge in [0.2, 0.25) is 0 Å². The first-order chi connectivity index (χ1) is 9.47. The molecule has 0 bridgehead atoms. The highest BCUT2D eigenvalue weighted by Crippen LogP contribution is 2.23. The summed E-state index contributed by atoms with van der Waals surface area (Å²) in [5.41, 5.74) is 1.68. The molecule has 0 aliphatic carbocycles. The molecule has 20 heavy (non-hydrogen) atoms. The minimum absolute atomic E-state index is 0.613. The summed E-state index contributed by atoms with van der Waals surface area (Å²) >= 11 is 11.3. The molecule has 106 valence electrons. The lowest BCUT2D eigenvalue weighted by Crippen LogP contribution is -1.88. The van der Waals surface area contributed by atoms with E-state index in [0.717, 1.165) is 22.6 Å². The fourth-order valence-electron chi connectivity index (χ4n) is 1.37. The number of benzene rings is 2. The van der Waals surface area contributed by atoms with E-state index in [-0.39, 0.29) is 0 Å². The first-order valence-corrected chi connectivity index (χ1v) is 6.54. The second-order valence-electron chi connectivity index (χ2n) is 3.91. The lowest BCUT2D eigenvalue weighted by atomic mass is 10.2. The largest absolute Gasteiger partial charge is 0.497 e. The SMILES string of the molecule is [CH2]c1ccc(Cl)cc1Cl.[CH2]c1ccc(OC)cc1OC. The van der Waals surface area contributed by atoms with Gasteiger partial charge < -0.3 is 9.47 Å². The van der Waals surface area contributed by atoms with Crippen LogP contribution in [0.15, 0.2) is 36.4 Å². The summed E-state index contributed by atoms with van der Waals surface area (Å²) in [6, 6.07) is 10.7. The van der Waals surface area contributed by atoms with E-state index < -0.39 is 0 Å². The van der Waals surface area contributed by atoms with Crippen molar-refractivity contribution in [2.75, 3.05) is 14.2 Å². The summed E-state index contributed by atoms with van der Waals surface area (Å²) in [5, 5.41) is 1.26. The van der Waals surface area contributed by atoms with Gasteiger partial charge in [-0.15, -0.1) is 0 Å². The number of hydrogen-bond donors (Lipinski definition) is 0. The van der Waals surface area contributed by atoms with Crippen LogP contribution in [0.5, 0.6) is 11.5 Å². The maximum atomic E-state index is 5.67. The average Bonchev–Trinajstić information content (AvgIpc) is 2.44. The number of halogens is 2. The number of methoxy groups -OCH3 is 2. The van der Waals surface area contributed by atoms with Gasteiger partial charge in [-0.3, -0.25) is 0 Å². The normalized spacial score (nSPS) is 9.50. The summed E-state index contributed by atoms with van der Waals surface area (Å²) in [6.45, 7) is 7.46. The molecule has 0 saturated heterocycles. The van der Waals surface area contributed by atoms with Crippen LogP contribution in [-0.2, 0) is 0 Å². The van der Waals surface area contributed by atoms with Crippen molar-refractivity contribution in [3.05, 3.63) is 71.4 Å². The van der Waals surface area contributed by atoms with E-state index in [9.17, 15) is 0 Å². The van der Waals surface area contributed by atoms with Crippen LogP contribution in [0.4, 0.5) is 0 Å². The van der Waals surface area contributed by atoms with Gasteiger partial charge in [-0.25, -0.2) is 0 Å². The van der Waals surface area contributed by atoms with Crippen molar-refractivity contribution >= 4 is 23.2 Å². The van der Waals surface area contributed by atoms with Gasteiger partial charge in [-0.05, 0) is 43.2 Å². The van der Waals surface area contributed by atoms with Gasteiger partial charge >= 0.3 is 0 Å². The van der Waals surface area contributed by atoms with Gasteiger partial charge in [0.1, 0.15) is 11.5 Å². The van der Waals surface area contributed by atoms with Crippen LogP contribution in [0.25, 0.3) is 0 Å². The van der Waals surface area contributed by atoms with E-state index in [1.54, 1.807) is 32.4 Å². The highest BCUT2D eigenvalue weighted by atomic mass is 35.5. The molecule has 4 heteroatoms. The Kier molecular flexibility index (Phi) is 6.69. The van der Waals surface area contributed by atoms with Crippen molar-refractivity contribution in [3.63, 3.8) is 0 Å². The number of rotatable bonds is 2. The van der Waals surface area contributed by atoms with E-state index >= 15 is 0 Å². The van der Waals surface area contributed by atoms with Crippen LogP contribution in [0.2, 0.25) is 10.0 Å². The van der Waals surface area contributed by atoms with E-state index in [1.807, 2.05) is 18.2 Å². The van der Waals surface area contributed by atoms with Crippen molar-refractivity contribution in [1.29, 1.82) is 0 Å². The first kappa shape index (κ1) is 16.7. The minimum Gasteiger partial charge on any atom is -0.497 e. The number of hydrogen-bond acceptors (Lipinski definition) is 2. The molecule has 0 aliphatic heterocycles. The lowest BCUT2D eigenvalue weighted by molar-refractivity contribution is 0.393. The fourth-order valence-corrected chi connectivity index (χ4v) is 1.78. The summed E-state index contributed by atoms with van der Waals surface area (Å²) in [6.07, 6.45) is 0. The van der Waals surface area contributed by atoms with Crippen LogP contribution < -0.4 is 9.47 Å². The van der Waals surface area contributed by atoms with Crippen molar-refractivity contribution in [2.45, 2.75) is 0 Å². The number of ether oxygens (including phenoxy) is 2. The molecule has 0 N–H and O–H groups in total. The molecule has 0 heterocycles. The van der Waals surface area contributed by atoms with Crippen LogP contribution in [0.1, 0.15) is 11.1 Å². The summed E-state index contributed by atoms with van der Waals surface area (Å²) in [7, 11) is 3.24. The summed E-state index contributed by atoms with van der Waals surface area (Å²) in [4.78, 5) is 0. The molecule has 0 amide bonds. The summed E-state index contributed by atoms with van der Waals surface area (Å²) < 4.78 is 10.0.